The fourth-order valence-corrected chi connectivity index (χ4v) is 3.18. The van der Waals surface area contributed by atoms with Gasteiger partial charge in [-0.15, -0.1) is 11.8 Å². The maximum Gasteiger partial charge on any atom is 0.118 e. The highest BCUT2D eigenvalue weighted by Crippen LogP contribution is 2.35. The van der Waals surface area contributed by atoms with Gasteiger partial charge in [-0.1, -0.05) is 38.1 Å². The third-order valence-corrected chi connectivity index (χ3v) is 4.82. The molecule has 0 aliphatic carbocycles. The summed E-state index contributed by atoms with van der Waals surface area (Å²) in [6, 6.07) is 16.9. The summed E-state index contributed by atoms with van der Waals surface area (Å²) in [6.45, 7) is 5.04. The van der Waals surface area contributed by atoms with E-state index in [1.54, 1.807) is 7.11 Å². The van der Waals surface area contributed by atoms with E-state index in [0.29, 0.717) is 12.5 Å². The van der Waals surface area contributed by atoms with E-state index >= 15 is 0 Å². The molecule has 1 atom stereocenters. The lowest BCUT2D eigenvalue weighted by Gasteiger charge is -2.16. The van der Waals surface area contributed by atoms with Crippen LogP contribution in [0, 0.1) is 0 Å². The van der Waals surface area contributed by atoms with Crippen molar-refractivity contribution in [3.05, 3.63) is 59.7 Å². The van der Waals surface area contributed by atoms with Crippen molar-refractivity contribution in [1.82, 2.24) is 0 Å². The maximum atomic E-state index is 5.95. The van der Waals surface area contributed by atoms with Crippen LogP contribution in [0.5, 0.6) is 5.75 Å². The van der Waals surface area contributed by atoms with Gasteiger partial charge in [-0.05, 0) is 41.3 Å². The lowest BCUT2D eigenvalue weighted by molar-refractivity contribution is 0.414. The van der Waals surface area contributed by atoms with E-state index in [1.807, 2.05) is 23.9 Å². The predicted molar refractivity (Wildman–Crippen MR) is 91.2 cm³/mol. The van der Waals surface area contributed by atoms with Crippen LogP contribution in [-0.2, 0) is 0 Å². The zero-order valence-corrected chi connectivity index (χ0v) is 13.7. The van der Waals surface area contributed by atoms with Gasteiger partial charge in [-0.25, -0.2) is 0 Å². The minimum Gasteiger partial charge on any atom is -0.497 e. The highest BCUT2D eigenvalue weighted by atomic mass is 32.2. The van der Waals surface area contributed by atoms with Crippen LogP contribution in [0.4, 0.5) is 0 Å². The average Bonchev–Trinajstić information content (AvgIpc) is 2.53. The van der Waals surface area contributed by atoms with Crippen molar-refractivity contribution in [2.75, 3.05) is 13.7 Å². The molecule has 21 heavy (non-hydrogen) atoms. The monoisotopic (exact) mass is 301 g/mol. The molecule has 112 valence electrons. The first-order valence-corrected chi connectivity index (χ1v) is 8.12. The van der Waals surface area contributed by atoms with Gasteiger partial charge < -0.3 is 10.5 Å². The lowest BCUT2D eigenvalue weighted by atomic mass is 10.0. The molecular weight excluding hydrogens is 278 g/mol. The van der Waals surface area contributed by atoms with Crippen LogP contribution in [0.25, 0.3) is 0 Å². The zero-order chi connectivity index (χ0) is 15.2. The fourth-order valence-electron chi connectivity index (χ4n) is 2.17. The molecule has 0 amide bonds. The van der Waals surface area contributed by atoms with Crippen molar-refractivity contribution in [2.45, 2.75) is 29.9 Å². The number of hydrogen-bond donors (Lipinski definition) is 1. The van der Waals surface area contributed by atoms with Crippen LogP contribution in [0.15, 0.2) is 53.4 Å². The molecular formula is C18H23NOS. The topological polar surface area (TPSA) is 35.2 Å². The summed E-state index contributed by atoms with van der Waals surface area (Å²) in [5.74, 6) is 1.44. The number of benzene rings is 2. The number of rotatable bonds is 6. The highest BCUT2D eigenvalue weighted by Gasteiger charge is 2.12. The summed E-state index contributed by atoms with van der Waals surface area (Å²) >= 11 is 1.81. The first-order valence-electron chi connectivity index (χ1n) is 7.24. The largest absolute Gasteiger partial charge is 0.497 e. The van der Waals surface area contributed by atoms with Crippen LogP contribution in [0.3, 0.4) is 0 Å². The summed E-state index contributed by atoms with van der Waals surface area (Å²) in [6.07, 6.45) is 0. The first-order chi connectivity index (χ1) is 10.1. The predicted octanol–water partition coefficient (Wildman–Crippen LogP) is 4.61. The molecule has 0 spiro atoms. The number of hydrogen-bond acceptors (Lipinski definition) is 3. The van der Waals surface area contributed by atoms with Gasteiger partial charge in [-0.3, -0.25) is 0 Å². The molecule has 2 nitrogen and oxygen atoms in total. The van der Waals surface area contributed by atoms with Crippen LogP contribution >= 0.6 is 11.8 Å². The number of ether oxygens (including phenoxy) is 1. The second kappa shape index (κ2) is 7.53. The molecule has 2 rings (SSSR count). The summed E-state index contributed by atoms with van der Waals surface area (Å²) in [5.41, 5.74) is 8.55. The van der Waals surface area contributed by atoms with Gasteiger partial charge in [0.2, 0.25) is 0 Å². The third-order valence-electron chi connectivity index (χ3n) is 3.53. The van der Waals surface area contributed by atoms with Gasteiger partial charge in [0, 0.05) is 16.7 Å². The van der Waals surface area contributed by atoms with E-state index in [9.17, 15) is 0 Å². The summed E-state index contributed by atoms with van der Waals surface area (Å²) in [5, 5.41) is 0.265. The molecule has 0 bridgehead atoms. The second-order valence-electron chi connectivity index (χ2n) is 5.34. The molecule has 0 heterocycles. The molecule has 0 saturated carbocycles. The van der Waals surface area contributed by atoms with E-state index in [4.69, 9.17) is 10.5 Å². The molecule has 2 N–H and O–H groups in total. The first kappa shape index (κ1) is 15.9. The van der Waals surface area contributed by atoms with Crippen molar-refractivity contribution in [1.29, 1.82) is 0 Å². The van der Waals surface area contributed by atoms with Crippen molar-refractivity contribution in [3.8, 4) is 5.75 Å². The van der Waals surface area contributed by atoms with E-state index in [0.717, 1.165) is 5.75 Å². The Morgan fingerprint density at radius 1 is 0.952 bits per heavy atom. The van der Waals surface area contributed by atoms with Gasteiger partial charge in [0.1, 0.15) is 5.75 Å². The van der Waals surface area contributed by atoms with E-state index < -0.39 is 0 Å². The standard InChI is InChI=1S/C18H23NOS/c1-13(2)14-6-10-17(11-7-14)21-18(12-19)15-4-8-16(20-3)9-5-15/h4-11,13,18H,12,19H2,1-3H3. The van der Waals surface area contributed by atoms with E-state index in [-0.39, 0.29) is 5.25 Å². The third kappa shape index (κ3) is 4.26. The van der Waals surface area contributed by atoms with Crippen LogP contribution in [-0.4, -0.2) is 13.7 Å². The Balaban J connectivity index is 2.10. The quantitative estimate of drug-likeness (QED) is 0.791. The molecule has 0 aliphatic rings. The Kier molecular flexibility index (Phi) is 5.71. The molecule has 3 heteroatoms. The molecule has 0 saturated heterocycles. The van der Waals surface area contributed by atoms with Crippen molar-refractivity contribution in [3.63, 3.8) is 0 Å². The van der Waals surface area contributed by atoms with Gasteiger partial charge in [0.15, 0.2) is 0 Å². The Labute approximate surface area is 131 Å². The van der Waals surface area contributed by atoms with Crippen molar-refractivity contribution in [2.24, 2.45) is 5.73 Å². The van der Waals surface area contributed by atoms with Gasteiger partial charge >= 0.3 is 0 Å². The molecule has 0 fully saturated rings. The smallest absolute Gasteiger partial charge is 0.118 e. The molecule has 1 unspecified atom stereocenters. The Hall–Kier alpha value is -1.45. The van der Waals surface area contributed by atoms with Gasteiger partial charge in [0.05, 0.1) is 7.11 Å². The summed E-state index contributed by atoms with van der Waals surface area (Å²) < 4.78 is 5.20. The molecule has 0 aliphatic heterocycles. The fraction of sp³-hybridized carbons (Fsp3) is 0.333. The number of nitrogens with two attached hydrogens (primary N) is 1. The lowest BCUT2D eigenvalue weighted by Crippen LogP contribution is -2.09. The molecule has 0 aromatic heterocycles. The minimum absolute atomic E-state index is 0.265. The Morgan fingerprint density at radius 3 is 2.00 bits per heavy atom. The van der Waals surface area contributed by atoms with E-state index in [1.165, 1.54) is 16.0 Å². The van der Waals surface area contributed by atoms with E-state index in [2.05, 4.69) is 50.2 Å². The zero-order valence-electron chi connectivity index (χ0n) is 12.9. The van der Waals surface area contributed by atoms with Gasteiger partial charge in [-0.2, -0.15) is 0 Å². The Bertz CT molecular complexity index is 548. The van der Waals surface area contributed by atoms with Crippen molar-refractivity contribution < 1.29 is 4.74 Å². The van der Waals surface area contributed by atoms with Gasteiger partial charge in [0.25, 0.3) is 0 Å². The number of methoxy groups -OCH3 is 1. The van der Waals surface area contributed by atoms with Crippen molar-refractivity contribution >= 4 is 11.8 Å². The minimum atomic E-state index is 0.265. The maximum absolute atomic E-state index is 5.95. The molecule has 2 aromatic rings. The Morgan fingerprint density at radius 2 is 1.52 bits per heavy atom. The number of thioether (sulfide) groups is 1. The van der Waals surface area contributed by atoms with Crippen LogP contribution in [0.2, 0.25) is 0 Å². The summed E-state index contributed by atoms with van der Waals surface area (Å²) in [4.78, 5) is 1.26. The normalized spacial score (nSPS) is 12.4. The summed E-state index contributed by atoms with van der Waals surface area (Å²) in [7, 11) is 1.68. The SMILES string of the molecule is COc1ccc(C(CN)Sc2ccc(C(C)C)cc2)cc1. The average molecular weight is 301 g/mol. The van der Waals surface area contributed by atoms with Crippen LogP contribution in [0.1, 0.15) is 36.1 Å². The molecule has 0 radical (unpaired) electrons. The highest BCUT2D eigenvalue weighted by molar-refractivity contribution is 7.99. The molecule has 2 aromatic carbocycles. The second-order valence-corrected chi connectivity index (χ2v) is 6.62. The van der Waals surface area contributed by atoms with Crippen LogP contribution < -0.4 is 10.5 Å².